The fourth-order valence-corrected chi connectivity index (χ4v) is 5.15. The summed E-state index contributed by atoms with van der Waals surface area (Å²) in [5.74, 6) is -1.01. The Morgan fingerprint density at radius 2 is 1.84 bits per heavy atom. The Labute approximate surface area is 223 Å². The Balaban J connectivity index is 1.62. The van der Waals surface area contributed by atoms with E-state index in [1.54, 1.807) is 19.1 Å². The molecular weight excluding hydrogens is 487 g/mol. The number of amides is 3. The number of rotatable bonds is 7. The maximum Gasteiger partial charge on any atom is 0.338 e. The molecule has 3 amide bonds. The van der Waals surface area contributed by atoms with Crippen molar-refractivity contribution in [3.63, 3.8) is 0 Å². The highest BCUT2D eigenvalue weighted by Crippen LogP contribution is 2.32. The van der Waals surface area contributed by atoms with E-state index in [0.29, 0.717) is 55.1 Å². The molecule has 202 valence electrons. The number of esters is 1. The summed E-state index contributed by atoms with van der Waals surface area (Å²) in [5, 5.41) is 2.86. The molecule has 1 N–H and O–H groups in total. The van der Waals surface area contributed by atoms with Gasteiger partial charge in [0, 0.05) is 50.0 Å². The predicted octanol–water partition coefficient (Wildman–Crippen LogP) is 3.88. The van der Waals surface area contributed by atoms with E-state index in [2.05, 4.69) is 10.2 Å². The number of carbonyl (C=O) groups is 3. The lowest BCUT2D eigenvalue weighted by Crippen LogP contribution is -2.56. The summed E-state index contributed by atoms with van der Waals surface area (Å²) in [7, 11) is 0. The van der Waals surface area contributed by atoms with E-state index < -0.39 is 17.8 Å². The highest BCUT2D eigenvalue weighted by Gasteiger charge is 2.39. The quantitative estimate of drug-likeness (QED) is 0.558. The summed E-state index contributed by atoms with van der Waals surface area (Å²) >= 11 is 0. The van der Waals surface area contributed by atoms with Crippen molar-refractivity contribution in [1.29, 1.82) is 0 Å². The number of nitrogens with zero attached hydrogens (tertiary/aromatic N) is 3. The molecule has 2 heterocycles. The number of ether oxygens (including phenoxy) is 1. The van der Waals surface area contributed by atoms with Gasteiger partial charge in [-0.05, 0) is 57.5 Å². The molecule has 0 bridgehead atoms. The van der Waals surface area contributed by atoms with Gasteiger partial charge in [0.1, 0.15) is 5.82 Å². The Morgan fingerprint density at radius 3 is 2.47 bits per heavy atom. The van der Waals surface area contributed by atoms with Gasteiger partial charge in [0.2, 0.25) is 0 Å². The first-order chi connectivity index (χ1) is 18.2. The van der Waals surface area contributed by atoms with Crippen molar-refractivity contribution in [2.45, 2.75) is 39.8 Å². The topological polar surface area (TPSA) is 82.2 Å². The molecule has 4 rings (SSSR count). The first-order valence-corrected chi connectivity index (χ1v) is 13.1. The van der Waals surface area contributed by atoms with E-state index in [1.165, 1.54) is 17.0 Å². The zero-order valence-corrected chi connectivity index (χ0v) is 22.4. The molecule has 1 saturated heterocycles. The lowest BCUT2D eigenvalue weighted by Gasteiger charge is -2.43. The Morgan fingerprint density at radius 1 is 1.11 bits per heavy atom. The summed E-state index contributed by atoms with van der Waals surface area (Å²) in [6, 6.07) is 12.2. The standard InChI is InChI=1S/C29H35FN4O4/c1-5-33-24(18-32-14-15-34(20(4)17-32)27(35)21-12-10-19(3)11-13-21)25(28(36)38-6-2)26(31-29(33)37)22-8-7-9-23(30)16-22/h7-13,16,20,26H,5-6,14-15,17-18H2,1-4H3,(H,31,37)/t20-,26-/m0/s1. The van der Waals surface area contributed by atoms with Crippen molar-refractivity contribution in [2.75, 3.05) is 39.3 Å². The smallest absolute Gasteiger partial charge is 0.338 e. The predicted molar refractivity (Wildman–Crippen MR) is 142 cm³/mol. The monoisotopic (exact) mass is 522 g/mol. The number of aryl methyl sites for hydroxylation is 1. The van der Waals surface area contributed by atoms with Crippen molar-refractivity contribution < 1.29 is 23.5 Å². The fraction of sp³-hybridized carbons (Fsp3) is 0.414. The second kappa shape index (κ2) is 11.8. The molecule has 0 unspecified atom stereocenters. The van der Waals surface area contributed by atoms with Crippen LogP contribution in [0.2, 0.25) is 0 Å². The van der Waals surface area contributed by atoms with Gasteiger partial charge in [-0.25, -0.2) is 14.0 Å². The number of likely N-dealkylation sites (N-methyl/N-ethyl adjacent to an activating group) is 1. The fourth-order valence-electron chi connectivity index (χ4n) is 5.15. The highest BCUT2D eigenvalue weighted by molar-refractivity contribution is 5.95. The average Bonchev–Trinajstić information content (AvgIpc) is 2.89. The number of benzene rings is 2. The molecule has 2 aliphatic heterocycles. The first kappa shape index (κ1) is 27.3. The zero-order valence-electron chi connectivity index (χ0n) is 22.4. The second-order valence-electron chi connectivity index (χ2n) is 9.71. The Hall–Kier alpha value is -3.72. The van der Waals surface area contributed by atoms with Crippen LogP contribution < -0.4 is 5.32 Å². The number of piperazine rings is 1. The van der Waals surface area contributed by atoms with Crippen LogP contribution in [0.4, 0.5) is 9.18 Å². The third kappa shape index (κ3) is 5.72. The van der Waals surface area contributed by atoms with E-state index >= 15 is 0 Å². The van der Waals surface area contributed by atoms with Crippen LogP contribution >= 0.6 is 0 Å². The van der Waals surface area contributed by atoms with Gasteiger partial charge in [0.25, 0.3) is 5.91 Å². The van der Waals surface area contributed by atoms with E-state index in [9.17, 15) is 18.8 Å². The van der Waals surface area contributed by atoms with Gasteiger partial charge in [-0.1, -0.05) is 29.8 Å². The van der Waals surface area contributed by atoms with Crippen LogP contribution in [0.3, 0.4) is 0 Å². The van der Waals surface area contributed by atoms with Crippen LogP contribution in [0.25, 0.3) is 0 Å². The van der Waals surface area contributed by atoms with Crippen molar-refractivity contribution >= 4 is 17.9 Å². The summed E-state index contributed by atoms with van der Waals surface area (Å²) in [6.45, 7) is 10.0. The van der Waals surface area contributed by atoms with Crippen LogP contribution in [0.5, 0.6) is 0 Å². The number of hydrogen-bond donors (Lipinski definition) is 1. The van der Waals surface area contributed by atoms with Gasteiger partial charge in [-0.15, -0.1) is 0 Å². The van der Waals surface area contributed by atoms with Crippen molar-refractivity contribution in [2.24, 2.45) is 0 Å². The number of nitrogens with one attached hydrogen (secondary N) is 1. The van der Waals surface area contributed by atoms with E-state index in [1.807, 2.05) is 49.9 Å². The molecule has 0 radical (unpaired) electrons. The molecule has 1 fully saturated rings. The summed E-state index contributed by atoms with van der Waals surface area (Å²) in [5.41, 5.74) is 3.05. The Kier molecular flexibility index (Phi) is 8.46. The van der Waals surface area contributed by atoms with E-state index in [4.69, 9.17) is 4.74 Å². The molecule has 8 nitrogen and oxygen atoms in total. The minimum absolute atomic E-state index is 0.0121. The minimum Gasteiger partial charge on any atom is -0.463 e. The molecule has 0 aliphatic carbocycles. The molecule has 0 aromatic heterocycles. The van der Waals surface area contributed by atoms with Crippen LogP contribution in [0.1, 0.15) is 48.3 Å². The van der Waals surface area contributed by atoms with Crippen molar-refractivity contribution in [3.8, 4) is 0 Å². The molecule has 2 aromatic carbocycles. The third-order valence-electron chi connectivity index (χ3n) is 7.08. The molecule has 0 saturated carbocycles. The molecule has 9 heteroatoms. The van der Waals surface area contributed by atoms with Crippen LogP contribution in [0, 0.1) is 12.7 Å². The highest BCUT2D eigenvalue weighted by atomic mass is 19.1. The van der Waals surface area contributed by atoms with Gasteiger partial charge in [-0.3, -0.25) is 14.6 Å². The molecule has 2 aliphatic rings. The van der Waals surface area contributed by atoms with E-state index in [0.717, 1.165) is 5.56 Å². The molecule has 38 heavy (non-hydrogen) atoms. The van der Waals surface area contributed by atoms with Gasteiger partial charge >= 0.3 is 12.0 Å². The normalized spacial score (nSPS) is 20.4. The van der Waals surface area contributed by atoms with Crippen LogP contribution in [-0.2, 0) is 9.53 Å². The summed E-state index contributed by atoms with van der Waals surface area (Å²) < 4.78 is 19.5. The van der Waals surface area contributed by atoms with Gasteiger partial charge < -0.3 is 15.0 Å². The molecular formula is C29H35FN4O4. The summed E-state index contributed by atoms with van der Waals surface area (Å²) in [6.07, 6.45) is 0. The largest absolute Gasteiger partial charge is 0.463 e. The van der Waals surface area contributed by atoms with Crippen molar-refractivity contribution in [1.82, 2.24) is 20.0 Å². The Bertz CT molecular complexity index is 1230. The average molecular weight is 523 g/mol. The number of urea groups is 1. The SMILES string of the molecule is CCOC(=O)C1=C(CN2CCN(C(=O)c3ccc(C)cc3)[C@@H](C)C2)N(CC)C(=O)N[C@H]1c1cccc(F)c1. The minimum atomic E-state index is -0.836. The van der Waals surface area contributed by atoms with Crippen molar-refractivity contribution in [3.05, 3.63) is 82.3 Å². The maximum absolute atomic E-state index is 14.1. The van der Waals surface area contributed by atoms with Crippen LogP contribution in [0.15, 0.2) is 59.8 Å². The maximum atomic E-state index is 14.1. The van der Waals surface area contributed by atoms with Gasteiger partial charge in [0.05, 0.1) is 18.2 Å². The number of hydrogen-bond acceptors (Lipinski definition) is 5. The number of carbonyl (C=O) groups excluding carboxylic acids is 3. The summed E-state index contributed by atoms with van der Waals surface area (Å²) in [4.78, 5) is 45.1. The second-order valence-corrected chi connectivity index (χ2v) is 9.71. The van der Waals surface area contributed by atoms with Gasteiger partial charge in [-0.2, -0.15) is 0 Å². The lowest BCUT2D eigenvalue weighted by atomic mass is 9.94. The molecule has 2 atom stereocenters. The lowest BCUT2D eigenvalue weighted by molar-refractivity contribution is -0.139. The first-order valence-electron chi connectivity index (χ1n) is 13.1. The molecule has 0 spiro atoms. The molecule has 2 aromatic rings. The van der Waals surface area contributed by atoms with Gasteiger partial charge in [0.15, 0.2) is 0 Å². The van der Waals surface area contributed by atoms with E-state index in [-0.39, 0.29) is 24.6 Å². The van der Waals surface area contributed by atoms with Crippen LogP contribution in [-0.4, -0.2) is 78.0 Å². The third-order valence-corrected chi connectivity index (χ3v) is 7.08. The number of halogens is 1. The zero-order chi connectivity index (χ0) is 27.4.